The molecule has 0 fully saturated rings. The third-order valence-electron chi connectivity index (χ3n) is 2.25. The highest BCUT2D eigenvalue weighted by atomic mass is 32.2. The van der Waals surface area contributed by atoms with Crippen LogP contribution in [0.25, 0.3) is 11.4 Å². The van der Waals surface area contributed by atoms with E-state index in [4.69, 9.17) is 4.74 Å². The molecule has 0 aliphatic carbocycles. The molecule has 104 valence electrons. The molecule has 0 radical (unpaired) electrons. The Kier molecular flexibility index (Phi) is 5.00. The number of aromatic nitrogens is 3. The van der Waals surface area contributed by atoms with Crippen LogP contribution in [0.3, 0.4) is 0 Å². The van der Waals surface area contributed by atoms with Crippen LogP contribution < -0.4 is 0 Å². The highest BCUT2D eigenvalue weighted by Gasteiger charge is 2.12. The molecule has 0 unspecified atom stereocenters. The molecule has 5 nitrogen and oxygen atoms in total. The largest absolute Gasteiger partial charge is 0.465 e. The van der Waals surface area contributed by atoms with E-state index in [1.54, 1.807) is 31.3 Å². The van der Waals surface area contributed by atoms with E-state index in [2.05, 4.69) is 15.0 Å². The lowest BCUT2D eigenvalue weighted by molar-refractivity contribution is -0.139. The molecule has 20 heavy (non-hydrogen) atoms. The molecule has 2 heterocycles. The first-order valence-corrected chi connectivity index (χ1v) is 6.91. The van der Waals surface area contributed by atoms with E-state index in [1.807, 2.05) is 0 Å². The number of rotatable bonds is 5. The average molecular weight is 293 g/mol. The van der Waals surface area contributed by atoms with Crippen molar-refractivity contribution in [1.82, 2.24) is 15.0 Å². The van der Waals surface area contributed by atoms with Gasteiger partial charge < -0.3 is 4.74 Å². The highest BCUT2D eigenvalue weighted by molar-refractivity contribution is 7.99. The van der Waals surface area contributed by atoms with Crippen LogP contribution in [-0.4, -0.2) is 33.3 Å². The molecule has 0 atom stereocenters. The molecule has 0 aromatic carbocycles. The smallest absolute Gasteiger partial charge is 0.316 e. The zero-order chi connectivity index (χ0) is 14.4. The van der Waals surface area contributed by atoms with Crippen LogP contribution in [0.15, 0.2) is 35.7 Å². The zero-order valence-corrected chi connectivity index (χ0v) is 11.6. The number of hydrogen-bond acceptors (Lipinski definition) is 6. The van der Waals surface area contributed by atoms with Crippen molar-refractivity contribution in [1.29, 1.82) is 0 Å². The van der Waals surface area contributed by atoms with Gasteiger partial charge in [-0.25, -0.2) is 14.4 Å². The summed E-state index contributed by atoms with van der Waals surface area (Å²) in [5, 5.41) is 0.306. The molecule has 0 bridgehead atoms. The minimum atomic E-state index is -0.552. The number of hydrogen-bond donors (Lipinski definition) is 0. The number of esters is 1. The van der Waals surface area contributed by atoms with Gasteiger partial charge in [0.2, 0.25) is 0 Å². The third-order valence-corrected chi connectivity index (χ3v) is 3.09. The minimum absolute atomic E-state index is 0.0845. The summed E-state index contributed by atoms with van der Waals surface area (Å²) < 4.78 is 18.5. The second-order valence-corrected chi connectivity index (χ2v) is 4.60. The number of thioether (sulfide) groups is 1. The number of halogens is 1. The third kappa shape index (κ3) is 3.74. The van der Waals surface area contributed by atoms with Crippen molar-refractivity contribution >= 4 is 17.7 Å². The van der Waals surface area contributed by atoms with E-state index in [1.165, 1.54) is 0 Å². The van der Waals surface area contributed by atoms with Crippen molar-refractivity contribution in [2.24, 2.45) is 0 Å². The molecule has 0 N–H and O–H groups in total. The molecule has 0 aliphatic heterocycles. The maximum absolute atomic E-state index is 13.7. The number of carbonyl (C=O) groups is 1. The Balaban J connectivity index is 2.15. The van der Waals surface area contributed by atoms with E-state index >= 15 is 0 Å². The Morgan fingerprint density at radius 3 is 2.95 bits per heavy atom. The molecule has 0 saturated carbocycles. The second-order valence-electron chi connectivity index (χ2n) is 3.66. The van der Waals surface area contributed by atoms with Crippen LogP contribution in [0.4, 0.5) is 4.39 Å². The van der Waals surface area contributed by atoms with E-state index in [0.717, 1.165) is 18.0 Å². The molecule has 2 aromatic heterocycles. The molecule has 2 aromatic rings. The maximum Gasteiger partial charge on any atom is 0.316 e. The molecule has 0 aliphatic rings. The molecular formula is C13H12FN3O2S. The molecular weight excluding hydrogens is 281 g/mol. The SMILES string of the molecule is CCOC(=O)CSc1ncc(F)c(-c2ccccn2)n1. The fourth-order valence-corrected chi connectivity index (χ4v) is 2.04. The first-order valence-electron chi connectivity index (χ1n) is 5.93. The van der Waals surface area contributed by atoms with Gasteiger partial charge in [-0.15, -0.1) is 0 Å². The fraction of sp³-hybridized carbons (Fsp3) is 0.231. The van der Waals surface area contributed by atoms with Crippen LogP contribution in [0, 0.1) is 5.82 Å². The lowest BCUT2D eigenvalue weighted by Crippen LogP contribution is -2.07. The van der Waals surface area contributed by atoms with Crippen LogP contribution in [0.5, 0.6) is 0 Å². The summed E-state index contributed by atoms with van der Waals surface area (Å²) in [6.45, 7) is 2.05. The second kappa shape index (κ2) is 6.95. The number of pyridine rings is 1. The van der Waals surface area contributed by atoms with Gasteiger partial charge in [0.25, 0.3) is 0 Å². The number of ether oxygens (including phenoxy) is 1. The Morgan fingerprint density at radius 2 is 2.25 bits per heavy atom. The van der Waals surface area contributed by atoms with Gasteiger partial charge in [-0.05, 0) is 19.1 Å². The average Bonchev–Trinajstić information content (AvgIpc) is 2.47. The molecule has 0 saturated heterocycles. The van der Waals surface area contributed by atoms with Crippen molar-refractivity contribution in [2.45, 2.75) is 12.1 Å². The summed E-state index contributed by atoms with van der Waals surface area (Å²) >= 11 is 1.09. The molecule has 0 amide bonds. The van der Waals surface area contributed by atoms with Gasteiger partial charge in [0.1, 0.15) is 5.69 Å². The van der Waals surface area contributed by atoms with Crippen molar-refractivity contribution in [3.63, 3.8) is 0 Å². The summed E-state index contributed by atoms with van der Waals surface area (Å²) in [6.07, 6.45) is 2.63. The summed E-state index contributed by atoms with van der Waals surface area (Å²) in [4.78, 5) is 23.2. The van der Waals surface area contributed by atoms with Gasteiger partial charge >= 0.3 is 5.97 Å². The Labute approximate surface area is 119 Å². The van der Waals surface area contributed by atoms with E-state index < -0.39 is 5.82 Å². The summed E-state index contributed by atoms with van der Waals surface area (Å²) in [5.41, 5.74) is 0.539. The van der Waals surface area contributed by atoms with Crippen LogP contribution in [0.1, 0.15) is 6.92 Å². The summed E-state index contributed by atoms with van der Waals surface area (Å²) in [6, 6.07) is 5.14. The van der Waals surface area contributed by atoms with Crippen LogP contribution in [-0.2, 0) is 9.53 Å². The van der Waals surface area contributed by atoms with Crippen molar-refractivity contribution in [3.8, 4) is 11.4 Å². The fourth-order valence-electron chi connectivity index (χ4n) is 1.43. The van der Waals surface area contributed by atoms with Gasteiger partial charge in [0.05, 0.1) is 24.3 Å². The summed E-state index contributed by atoms with van der Waals surface area (Å²) in [7, 11) is 0. The van der Waals surface area contributed by atoms with Gasteiger partial charge in [-0.2, -0.15) is 0 Å². The van der Waals surface area contributed by atoms with Crippen LogP contribution >= 0.6 is 11.8 Å². The van der Waals surface area contributed by atoms with Crippen molar-refractivity contribution in [2.75, 3.05) is 12.4 Å². The van der Waals surface area contributed by atoms with E-state index in [0.29, 0.717) is 17.5 Å². The van der Waals surface area contributed by atoms with Crippen molar-refractivity contribution in [3.05, 3.63) is 36.4 Å². The summed E-state index contributed by atoms with van der Waals surface area (Å²) in [5.74, 6) is -0.824. The number of carbonyl (C=O) groups excluding carboxylic acids is 1. The van der Waals surface area contributed by atoms with Gasteiger partial charge in [0.15, 0.2) is 11.0 Å². The lowest BCUT2D eigenvalue weighted by atomic mass is 10.2. The quantitative estimate of drug-likeness (QED) is 0.479. The minimum Gasteiger partial charge on any atom is -0.465 e. The maximum atomic E-state index is 13.7. The van der Waals surface area contributed by atoms with Crippen molar-refractivity contribution < 1.29 is 13.9 Å². The number of nitrogens with zero attached hydrogens (tertiary/aromatic N) is 3. The molecule has 0 spiro atoms. The predicted octanol–water partition coefficient (Wildman–Crippen LogP) is 2.33. The lowest BCUT2D eigenvalue weighted by Gasteiger charge is -2.04. The first-order chi connectivity index (χ1) is 9.70. The van der Waals surface area contributed by atoms with E-state index in [-0.39, 0.29) is 17.4 Å². The van der Waals surface area contributed by atoms with Gasteiger partial charge in [0, 0.05) is 6.20 Å². The monoisotopic (exact) mass is 293 g/mol. The standard InChI is InChI=1S/C13H12FN3O2S/c1-2-19-11(18)8-20-13-16-7-9(14)12(17-13)10-5-3-4-6-15-10/h3-7H,2,8H2,1H3. The molecule has 7 heteroatoms. The van der Waals surface area contributed by atoms with Gasteiger partial charge in [-0.1, -0.05) is 17.8 Å². The van der Waals surface area contributed by atoms with Gasteiger partial charge in [-0.3, -0.25) is 9.78 Å². The van der Waals surface area contributed by atoms with Crippen LogP contribution in [0.2, 0.25) is 0 Å². The first kappa shape index (κ1) is 14.4. The molecule has 2 rings (SSSR count). The topological polar surface area (TPSA) is 65.0 Å². The Morgan fingerprint density at radius 1 is 1.40 bits per heavy atom. The highest BCUT2D eigenvalue weighted by Crippen LogP contribution is 2.21. The normalized spacial score (nSPS) is 10.3. The van der Waals surface area contributed by atoms with E-state index in [9.17, 15) is 9.18 Å². The Bertz CT molecular complexity index is 595. The zero-order valence-electron chi connectivity index (χ0n) is 10.7. The Hall–Kier alpha value is -2.02. The predicted molar refractivity (Wildman–Crippen MR) is 72.6 cm³/mol.